The molecule has 0 bridgehead atoms. The molecule has 1 N–H and O–H groups in total. The lowest BCUT2D eigenvalue weighted by molar-refractivity contribution is 0.0123. The van der Waals surface area contributed by atoms with Crippen LogP contribution < -0.4 is 0 Å². The largest absolute Gasteiger partial charge is 0.396 e. The molecule has 4 heteroatoms. The van der Waals surface area contributed by atoms with Gasteiger partial charge in [0.2, 0.25) is 0 Å². The molecule has 160 valence electrons. The monoisotopic (exact) mass is 409 g/mol. The number of hydrogen-bond acceptors (Lipinski definition) is 3. The highest BCUT2D eigenvalue weighted by atomic mass is 19.1. The van der Waals surface area contributed by atoms with Gasteiger partial charge in [0.1, 0.15) is 5.82 Å². The third kappa shape index (κ3) is 4.05. The van der Waals surface area contributed by atoms with Crippen molar-refractivity contribution in [3.63, 3.8) is 0 Å². The van der Waals surface area contributed by atoms with Crippen LogP contribution in [-0.2, 0) is 11.2 Å². The van der Waals surface area contributed by atoms with Crippen molar-refractivity contribution in [2.45, 2.75) is 56.7 Å². The van der Waals surface area contributed by atoms with Gasteiger partial charge in [0.05, 0.1) is 12.2 Å². The molecule has 2 heterocycles. The third-order valence-electron chi connectivity index (χ3n) is 7.41. The molecule has 2 saturated heterocycles. The van der Waals surface area contributed by atoms with Crippen molar-refractivity contribution in [2.75, 3.05) is 26.2 Å². The molecule has 2 aromatic rings. The SMILES string of the molecule is OCCCC1CCN(CC2CC3c4ccccc4Cc4ccc(F)cc4C3O2)CC1. The zero-order valence-electron chi connectivity index (χ0n) is 17.6. The Morgan fingerprint density at radius 2 is 1.83 bits per heavy atom. The molecule has 0 aromatic heterocycles. The highest BCUT2D eigenvalue weighted by molar-refractivity contribution is 5.45. The molecular weight excluding hydrogens is 377 g/mol. The first-order chi connectivity index (χ1) is 14.7. The molecule has 3 unspecified atom stereocenters. The zero-order valence-corrected chi connectivity index (χ0v) is 17.6. The van der Waals surface area contributed by atoms with E-state index in [1.165, 1.54) is 29.5 Å². The first-order valence-corrected chi connectivity index (χ1v) is 11.6. The van der Waals surface area contributed by atoms with E-state index in [2.05, 4.69) is 29.2 Å². The summed E-state index contributed by atoms with van der Waals surface area (Å²) in [6.07, 6.45) is 6.51. The van der Waals surface area contributed by atoms with Crippen molar-refractivity contribution in [1.29, 1.82) is 0 Å². The predicted molar refractivity (Wildman–Crippen MR) is 116 cm³/mol. The second kappa shape index (κ2) is 8.78. The minimum absolute atomic E-state index is 0.0496. The average Bonchev–Trinajstić information content (AvgIpc) is 3.13. The Morgan fingerprint density at radius 3 is 2.67 bits per heavy atom. The van der Waals surface area contributed by atoms with E-state index in [9.17, 15) is 4.39 Å². The Balaban J connectivity index is 1.32. The second-order valence-electron chi connectivity index (χ2n) is 9.35. The van der Waals surface area contributed by atoms with Crippen LogP contribution in [-0.4, -0.2) is 42.4 Å². The van der Waals surface area contributed by atoms with E-state index < -0.39 is 0 Å². The van der Waals surface area contributed by atoms with Gasteiger partial charge >= 0.3 is 0 Å². The minimum Gasteiger partial charge on any atom is -0.396 e. The first kappa shape index (κ1) is 20.2. The van der Waals surface area contributed by atoms with E-state index in [1.54, 1.807) is 12.1 Å². The average molecular weight is 410 g/mol. The fourth-order valence-electron chi connectivity index (χ4n) is 5.84. The summed E-state index contributed by atoms with van der Waals surface area (Å²) in [7, 11) is 0. The van der Waals surface area contributed by atoms with Gasteiger partial charge in [0.15, 0.2) is 0 Å². The summed E-state index contributed by atoms with van der Waals surface area (Å²) >= 11 is 0. The molecule has 0 radical (unpaired) electrons. The predicted octanol–water partition coefficient (Wildman–Crippen LogP) is 4.83. The third-order valence-corrected chi connectivity index (χ3v) is 7.41. The van der Waals surface area contributed by atoms with Crippen LogP contribution in [0.5, 0.6) is 0 Å². The molecule has 2 aliphatic heterocycles. The van der Waals surface area contributed by atoms with Crippen molar-refractivity contribution in [3.05, 3.63) is 70.5 Å². The number of nitrogens with zero attached hydrogens (tertiary/aromatic N) is 1. The Labute approximate surface area is 178 Å². The molecule has 2 fully saturated rings. The van der Waals surface area contributed by atoms with Crippen LogP contribution in [0.1, 0.15) is 66.4 Å². The van der Waals surface area contributed by atoms with E-state index in [1.807, 2.05) is 6.07 Å². The fourth-order valence-corrected chi connectivity index (χ4v) is 5.84. The second-order valence-corrected chi connectivity index (χ2v) is 9.35. The van der Waals surface area contributed by atoms with Crippen molar-refractivity contribution < 1.29 is 14.2 Å². The Hall–Kier alpha value is -1.75. The Bertz CT molecular complexity index is 877. The molecule has 0 amide bonds. The van der Waals surface area contributed by atoms with E-state index in [-0.39, 0.29) is 18.0 Å². The van der Waals surface area contributed by atoms with Crippen molar-refractivity contribution in [2.24, 2.45) is 5.92 Å². The molecular formula is C26H32FNO2. The first-order valence-electron chi connectivity index (χ1n) is 11.6. The number of fused-ring (bicyclic) bond motifs is 5. The van der Waals surface area contributed by atoms with Crippen LogP contribution in [0.3, 0.4) is 0 Å². The standard InChI is InChI=1S/C26H32FNO2/c27-21-8-7-20-14-19-5-1-2-6-23(19)25-16-22(30-26(25)24(20)15-21)17-28-11-9-18(10-12-28)4-3-13-29/h1-2,5-8,15,18,22,25-26,29H,3-4,9-14,16-17H2. The highest BCUT2D eigenvalue weighted by Gasteiger charge is 2.41. The number of likely N-dealkylation sites (tertiary alicyclic amines) is 1. The molecule has 2 aromatic carbocycles. The lowest BCUT2D eigenvalue weighted by Crippen LogP contribution is -2.38. The number of ether oxygens (including phenoxy) is 1. The van der Waals surface area contributed by atoms with Gasteiger partial charge in [-0.15, -0.1) is 0 Å². The number of benzene rings is 2. The number of aliphatic hydroxyl groups excluding tert-OH is 1. The van der Waals surface area contributed by atoms with Crippen LogP contribution >= 0.6 is 0 Å². The van der Waals surface area contributed by atoms with E-state index in [4.69, 9.17) is 9.84 Å². The normalized spacial score (nSPS) is 26.7. The number of piperidine rings is 1. The summed E-state index contributed by atoms with van der Waals surface area (Å²) in [5.74, 6) is 0.887. The van der Waals surface area contributed by atoms with Crippen LogP contribution in [0.4, 0.5) is 4.39 Å². The Kier molecular flexibility index (Phi) is 5.90. The maximum atomic E-state index is 14.1. The lowest BCUT2D eigenvalue weighted by Gasteiger charge is -2.33. The molecule has 3 atom stereocenters. The zero-order chi connectivity index (χ0) is 20.5. The number of hydrogen-bond donors (Lipinski definition) is 1. The quantitative estimate of drug-likeness (QED) is 0.768. The molecule has 3 aliphatic rings. The smallest absolute Gasteiger partial charge is 0.123 e. The molecule has 3 nitrogen and oxygen atoms in total. The van der Waals surface area contributed by atoms with E-state index >= 15 is 0 Å². The topological polar surface area (TPSA) is 32.7 Å². The summed E-state index contributed by atoms with van der Waals surface area (Å²) in [6, 6.07) is 13.9. The minimum atomic E-state index is -0.171. The van der Waals surface area contributed by atoms with Gasteiger partial charge in [-0.05, 0) is 91.9 Å². The lowest BCUT2D eigenvalue weighted by atomic mass is 9.87. The summed E-state index contributed by atoms with van der Waals surface area (Å²) in [5, 5.41) is 9.07. The van der Waals surface area contributed by atoms with Crippen molar-refractivity contribution in [3.8, 4) is 0 Å². The van der Waals surface area contributed by atoms with Gasteiger partial charge in [-0.25, -0.2) is 4.39 Å². The molecule has 30 heavy (non-hydrogen) atoms. The van der Waals surface area contributed by atoms with Gasteiger partial charge in [0, 0.05) is 19.1 Å². The number of aliphatic hydroxyl groups is 1. The Morgan fingerprint density at radius 1 is 1.03 bits per heavy atom. The fraction of sp³-hybridized carbons (Fsp3) is 0.538. The van der Waals surface area contributed by atoms with Gasteiger partial charge in [-0.3, -0.25) is 0 Å². The van der Waals surface area contributed by atoms with Gasteiger partial charge in [-0.2, -0.15) is 0 Å². The summed E-state index contributed by atoms with van der Waals surface area (Å²) < 4.78 is 20.8. The number of halogens is 1. The summed E-state index contributed by atoms with van der Waals surface area (Å²) in [4.78, 5) is 2.55. The van der Waals surface area contributed by atoms with Crippen molar-refractivity contribution in [1.82, 2.24) is 4.90 Å². The highest BCUT2D eigenvalue weighted by Crippen LogP contribution is 2.49. The van der Waals surface area contributed by atoms with Crippen LogP contribution in [0.25, 0.3) is 0 Å². The van der Waals surface area contributed by atoms with Gasteiger partial charge < -0.3 is 14.7 Å². The van der Waals surface area contributed by atoms with Crippen LogP contribution in [0, 0.1) is 11.7 Å². The summed E-state index contributed by atoms with van der Waals surface area (Å²) in [6.45, 7) is 3.51. The van der Waals surface area contributed by atoms with Gasteiger partial charge in [-0.1, -0.05) is 30.3 Å². The van der Waals surface area contributed by atoms with Crippen LogP contribution in [0.2, 0.25) is 0 Å². The van der Waals surface area contributed by atoms with Crippen LogP contribution in [0.15, 0.2) is 42.5 Å². The number of rotatable bonds is 5. The van der Waals surface area contributed by atoms with Gasteiger partial charge in [0.25, 0.3) is 0 Å². The van der Waals surface area contributed by atoms with Crippen molar-refractivity contribution >= 4 is 0 Å². The molecule has 0 saturated carbocycles. The van der Waals surface area contributed by atoms with E-state index in [0.717, 1.165) is 56.8 Å². The maximum absolute atomic E-state index is 14.1. The van der Waals surface area contributed by atoms with E-state index in [0.29, 0.717) is 12.5 Å². The maximum Gasteiger partial charge on any atom is 0.123 e. The molecule has 5 rings (SSSR count). The molecule has 0 spiro atoms. The summed E-state index contributed by atoms with van der Waals surface area (Å²) in [5.41, 5.74) is 4.97. The molecule has 1 aliphatic carbocycles.